The predicted octanol–water partition coefficient (Wildman–Crippen LogP) is 4.12. The van der Waals surface area contributed by atoms with E-state index >= 15 is 0 Å². The van der Waals surface area contributed by atoms with E-state index in [4.69, 9.17) is 0 Å². The third-order valence-electron chi connectivity index (χ3n) is 3.33. The van der Waals surface area contributed by atoms with E-state index in [1.54, 1.807) is 11.6 Å². The van der Waals surface area contributed by atoms with Crippen LogP contribution in [0.4, 0.5) is 5.13 Å². The van der Waals surface area contributed by atoms with Gasteiger partial charge in [-0.2, -0.15) is 5.26 Å². The molecule has 3 rings (SSSR count). The molecule has 7 heteroatoms. The van der Waals surface area contributed by atoms with Crippen molar-refractivity contribution in [2.75, 3.05) is 11.1 Å². The molecular formula is C18H14N4OS2. The SMILES string of the molecule is Cc1cc(-c2ccccc2)c(C#N)c(SCC(=O)Nc2nccs2)n1. The molecule has 0 aliphatic carbocycles. The van der Waals surface area contributed by atoms with Gasteiger partial charge in [0.15, 0.2) is 5.13 Å². The van der Waals surface area contributed by atoms with E-state index in [1.165, 1.54) is 23.1 Å². The number of carbonyl (C=O) groups excluding carboxylic acids is 1. The summed E-state index contributed by atoms with van der Waals surface area (Å²) in [7, 11) is 0. The number of aromatic nitrogens is 2. The minimum Gasteiger partial charge on any atom is -0.301 e. The summed E-state index contributed by atoms with van der Waals surface area (Å²) in [4.78, 5) is 20.5. The van der Waals surface area contributed by atoms with Crippen LogP contribution in [0, 0.1) is 18.3 Å². The Morgan fingerprint density at radius 1 is 1.36 bits per heavy atom. The highest BCUT2D eigenvalue weighted by molar-refractivity contribution is 8.00. The van der Waals surface area contributed by atoms with Gasteiger partial charge in [-0.05, 0) is 18.6 Å². The number of thioether (sulfide) groups is 1. The zero-order valence-corrected chi connectivity index (χ0v) is 15.0. The van der Waals surface area contributed by atoms with E-state index in [1.807, 2.05) is 43.3 Å². The molecule has 0 atom stereocenters. The predicted molar refractivity (Wildman–Crippen MR) is 101 cm³/mol. The lowest BCUT2D eigenvalue weighted by Gasteiger charge is -2.10. The van der Waals surface area contributed by atoms with Gasteiger partial charge in [0.05, 0.1) is 11.3 Å². The first-order valence-corrected chi connectivity index (χ1v) is 9.33. The highest BCUT2D eigenvalue weighted by atomic mass is 32.2. The molecule has 5 nitrogen and oxygen atoms in total. The average molecular weight is 366 g/mol. The Labute approximate surface area is 153 Å². The summed E-state index contributed by atoms with van der Waals surface area (Å²) in [5.41, 5.74) is 3.08. The lowest BCUT2D eigenvalue weighted by Crippen LogP contribution is -2.14. The monoisotopic (exact) mass is 366 g/mol. The van der Waals surface area contributed by atoms with Gasteiger partial charge in [-0.25, -0.2) is 9.97 Å². The van der Waals surface area contributed by atoms with Crippen molar-refractivity contribution in [2.45, 2.75) is 11.9 Å². The molecular weight excluding hydrogens is 352 g/mol. The number of nitrogens with zero attached hydrogens (tertiary/aromatic N) is 3. The van der Waals surface area contributed by atoms with Crippen molar-refractivity contribution in [2.24, 2.45) is 0 Å². The summed E-state index contributed by atoms with van der Waals surface area (Å²) in [5.74, 6) is -0.00715. The molecule has 0 bridgehead atoms. The van der Waals surface area contributed by atoms with Crippen molar-refractivity contribution in [1.82, 2.24) is 9.97 Å². The van der Waals surface area contributed by atoms with Crippen LogP contribution in [-0.4, -0.2) is 21.6 Å². The molecule has 1 aromatic carbocycles. The number of amides is 1. The highest BCUT2D eigenvalue weighted by Crippen LogP contribution is 2.31. The summed E-state index contributed by atoms with van der Waals surface area (Å²) in [6, 6.07) is 13.8. The number of carbonyl (C=O) groups is 1. The lowest BCUT2D eigenvalue weighted by molar-refractivity contribution is -0.113. The number of aryl methyl sites for hydroxylation is 1. The Bertz CT molecular complexity index is 918. The second-order valence-electron chi connectivity index (χ2n) is 5.14. The van der Waals surface area contributed by atoms with Crippen molar-refractivity contribution >= 4 is 34.1 Å². The van der Waals surface area contributed by atoms with Crippen LogP contribution in [0.2, 0.25) is 0 Å². The van der Waals surface area contributed by atoms with E-state index < -0.39 is 0 Å². The van der Waals surface area contributed by atoms with Crippen molar-refractivity contribution in [3.8, 4) is 17.2 Å². The molecule has 0 saturated carbocycles. The lowest BCUT2D eigenvalue weighted by atomic mass is 10.0. The van der Waals surface area contributed by atoms with Crippen LogP contribution < -0.4 is 5.32 Å². The van der Waals surface area contributed by atoms with Gasteiger partial charge in [0.2, 0.25) is 5.91 Å². The topological polar surface area (TPSA) is 78.7 Å². The van der Waals surface area contributed by atoms with Gasteiger partial charge in [-0.3, -0.25) is 4.79 Å². The average Bonchev–Trinajstić information content (AvgIpc) is 3.13. The van der Waals surface area contributed by atoms with E-state index in [0.29, 0.717) is 15.7 Å². The minimum absolute atomic E-state index is 0.166. The van der Waals surface area contributed by atoms with Crippen LogP contribution in [0.15, 0.2) is 53.0 Å². The minimum atomic E-state index is -0.173. The van der Waals surface area contributed by atoms with Gasteiger partial charge < -0.3 is 5.32 Å². The summed E-state index contributed by atoms with van der Waals surface area (Å²) in [5, 5.41) is 15.3. The van der Waals surface area contributed by atoms with Gasteiger partial charge in [-0.15, -0.1) is 11.3 Å². The van der Waals surface area contributed by atoms with Gasteiger partial charge >= 0.3 is 0 Å². The molecule has 0 unspecified atom stereocenters. The Kier molecular flexibility index (Phi) is 5.43. The van der Waals surface area contributed by atoms with Crippen LogP contribution >= 0.6 is 23.1 Å². The summed E-state index contributed by atoms with van der Waals surface area (Å²) in [6.07, 6.45) is 1.63. The second kappa shape index (κ2) is 7.92. The van der Waals surface area contributed by atoms with Gasteiger partial charge in [0, 0.05) is 22.8 Å². The number of hydrogen-bond acceptors (Lipinski definition) is 6. The largest absolute Gasteiger partial charge is 0.301 e. The third kappa shape index (κ3) is 4.24. The molecule has 2 heterocycles. The number of pyridine rings is 1. The number of anilines is 1. The van der Waals surface area contributed by atoms with Crippen molar-refractivity contribution in [3.05, 3.63) is 59.2 Å². The molecule has 3 aromatic rings. The Balaban J connectivity index is 1.83. The summed E-state index contributed by atoms with van der Waals surface area (Å²) < 4.78 is 0. The number of nitriles is 1. The molecule has 0 radical (unpaired) electrons. The van der Waals surface area contributed by atoms with Gasteiger partial charge in [-0.1, -0.05) is 42.1 Å². The highest BCUT2D eigenvalue weighted by Gasteiger charge is 2.15. The van der Waals surface area contributed by atoms with E-state index in [9.17, 15) is 10.1 Å². The number of hydrogen-bond donors (Lipinski definition) is 1. The van der Waals surface area contributed by atoms with Crippen molar-refractivity contribution in [3.63, 3.8) is 0 Å². The quantitative estimate of drug-likeness (QED) is 0.687. The number of nitrogens with one attached hydrogen (secondary N) is 1. The maximum Gasteiger partial charge on any atom is 0.236 e. The fraction of sp³-hybridized carbons (Fsp3) is 0.111. The first kappa shape index (κ1) is 17.1. The molecule has 0 aliphatic heterocycles. The van der Waals surface area contributed by atoms with E-state index in [2.05, 4.69) is 21.4 Å². The van der Waals surface area contributed by atoms with E-state index in [0.717, 1.165) is 16.8 Å². The Morgan fingerprint density at radius 2 is 2.16 bits per heavy atom. The standard InChI is InChI=1S/C18H14N4OS2/c1-12-9-14(13-5-3-2-4-6-13)15(10-19)17(21-12)25-11-16(23)22-18-20-7-8-24-18/h2-9H,11H2,1H3,(H,20,22,23). The molecule has 0 saturated heterocycles. The molecule has 1 amide bonds. The number of rotatable bonds is 5. The summed E-state index contributed by atoms with van der Waals surface area (Å²) >= 11 is 2.62. The second-order valence-corrected chi connectivity index (χ2v) is 7.00. The normalized spacial score (nSPS) is 10.2. The Hall–Kier alpha value is -2.69. The maximum absolute atomic E-state index is 12.0. The van der Waals surface area contributed by atoms with Crippen LogP contribution in [0.25, 0.3) is 11.1 Å². The number of benzene rings is 1. The summed E-state index contributed by atoms with van der Waals surface area (Å²) in [6.45, 7) is 1.88. The molecule has 1 N–H and O–H groups in total. The van der Waals surface area contributed by atoms with E-state index in [-0.39, 0.29) is 11.7 Å². The molecule has 0 aliphatic rings. The molecule has 2 aromatic heterocycles. The van der Waals surface area contributed by atoms with Crippen LogP contribution in [0.3, 0.4) is 0 Å². The zero-order chi connectivity index (χ0) is 17.6. The molecule has 25 heavy (non-hydrogen) atoms. The first-order valence-electron chi connectivity index (χ1n) is 7.46. The fourth-order valence-corrected chi connectivity index (χ4v) is 3.67. The first-order chi connectivity index (χ1) is 12.2. The van der Waals surface area contributed by atoms with Crippen LogP contribution in [0.1, 0.15) is 11.3 Å². The third-order valence-corrected chi connectivity index (χ3v) is 4.99. The van der Waals surface area contributed by atoms with Gasteiger partial charge in [0.1, 0.15) is 11.1 Å². The number of thiazole rings is 1. The smallest absolute Gasteiger partial charge is 0.236 e. The molecule has 0 fully saturated rings. The van der Waals surface area contributed by atoms with Crippen molar-refractivity contribution in [1.29, 1.82) is 5.26 Å². The maximum atomic E-state index is 12.0. The van der Waals surface area contributed by atoms with Crippen LogP contribution in [0.5, 0.6) is 0 Å². The Morgan fingerprint density at radius 3 is 2.84 bits per heavy atom. The molecule has 124 valence electrons. The fourth-order valence-electron chi connectivity index (χ4n) is 2.28. The van der Waals surface area contributed by atoms with Crippen molar-refractivity contribution < 1.29 is 4.79 Å². The van der Waals surface area contributed by atoms with Crippen LogP contribution in [-0.2, 0) is 4.79 Å². The zero-order valence-electron chi connectivity index (χ0n) is 13.4. The van der Waals surface area contributed by atoms with Gasteiger partial charge in [0.25, 0.3) is 0 Å². The molecule has 0 spiro atoms.